The van der Waals surface area contributed by atoms with Crippen LogP contribution in [-0.2, 0) is 4.79 Å². The molecular weight excluding hydrogens is 493 g/mol. The number of hydrogen-bond acceptors (Lipinski definition) is 4. The van der Waals surface area contributed by atoms with Crippen LogP contribution >= 0.6 is 0 Å². The highest BCUT2D eigenvalue weighted by Gasteiger charge is 2.42. The molecule has 4 fully saturated rings. The SMILES string of the molecule is Cc1nn(C2CCC2)c(C)c1C(=O)N1CC2CN(CC[C@H](NC(=O)C3CCCC3)c3cccc(F)c3)CC2C1. The summed E-state index contributed by atoms with van der Waals surface area (Å²) in [7, 11) is 0. The molecule has 210 valence electrons. The summed E-state index contributed by atoms with van der Waals surface area (Å²) in [5.74, 6) is 1.01. The van der Waals surface area contributed by atoms with Crippen LogP contribution in [0, 0.1) is 37.4 Å². The van der Waals surface area contributed by atoms with Gasteiger partial charge in [-0.3, -0.25) is 14.3 Å². The molecule has 2 saturated carbocycles. The molecule has 1 aromatic carbocycles. The smallest absolute Gasteiger partial charge is 0.257 e. The number of halogens is 1. The van der Waals surface area contributed by atoms with Gasteiger partial charge in [0.15, 0.2) is 0 Å². The van der Waals surface area contributed by atoms with Gasteiger partial charge in [0.05, 0.1) is 23.3 Å². The van der Waals surface area contributed by atoms with E-state index in [0.717, 1.165) is 100 Å². The lowest BCUT2D eigenvalue weighted by Gasteiger charge is -2.27. The van der Waals surface area contributed by atoms with Crippen molar-refractivity contribution in [1.29, 1.82) is 0 Å². The van der Waals surface area contributed by atoms with Crippen LogP contribution in [0.15, 0.2) is 24.3 Å². The first-order chi connectivity index (χ1) is 18.9. The van der Waals surface area contributed by atoms with Gasteiger partial charge in [0.1, 0.15) is 5.82 Å². The minimum absolute atomic E-state index is 0.0869. The van der Waals surface area contributed by atoms with Crippen LogP contribution in [0.2, 0.25) is 0 Å². The van der Waals surface area contributed by atoms with Crippen LogP contribution in [0.3, 0.4) is 0 Å². The Kier molecular flexibility index (Phi) is 7.49. The summed E-state index contributed by atoms with van der Waals surface area (Å²) in [6.45, 7) is 8.36. The standard InChI is InChI=1S/C31H42FN5O2/c1-20-29(21(2)37(34-20)27-11-6-12-27)31(39)36-18-24-16-35(17-25(24)19-36)14-13-28(23-9-5-10-26(32)15-23)33-30(38)22-7-3-4-8-22/h5,9-10,15,22,24-25,27-28H,3-4,6-8,11-14,16-19H2,1-2H3,(H,33,38)/t24?,25?,28-/m0/s1. The molecule has 8 heteroatoms. The molecule has 1 aromatic heterocycles. The van der Waals surface area contributed by atoms with E-state index in [1.165, 1.54) is 12.5 Å². The molecule has 2 unspecified atom stereocenters. The molecule has 4 aliphatic rings. The molecule has 2 aromatic rings. The number of benzene rings is 1. The number of nitrogens with zero attached hydrogens (tertiary/aromatic N) is 4. The van der Waals surface area contributed by atoms with E-state index in [1.807, 2.05) is 24.8 Å². The molecule has 2 aliphatic heterocycles. The number of likely N-dealkylation sites (tertiary alicyclic amines) is 2. The second-order valence-corrected chi connectivity index (χ2v) is 12.5. The van der Waals surface area contributed by atoms with Gasteiger partial charge in [-0.25, -0.2) is 4.39 Å². The molecule has 2 amide bonds. The highest BCUT2D eigenvalue weighted by molar-refractivity contribution is 5.96. The number of aromatic nitrogens is 2. The van der Waals surface area contributed by atoms with E-state index in [9.17, 15) is 14.0 Å². The topological polar surface area (TPSA) is 70.5 Å². The van der Waals surface area contributed by atoms with Crippen LogP contribution in [0.25, 0.3) is 0 Å². The van der Waals surface area contributed by atoms with Crippen LogP contribution in [0.5, 0.6) is 0 Å². The number of aryl methyl sites for hydroxylation is 1. The fourth-order valence-electron chi connectivity index (χ4n) is 7.39. The summed E-state index contributed by atoms with van der Waals surface area (Å²) in [6, 6.07) is 6.92. The van der Waals surface area contributed by atoms with E-state index >= 15 is 0 Å². The van der Waals surface area contributed by atoms with Crippen molar-refractivity contribution in [3.8, 4) is 0 Å². The summed E-state index contributed by atoms with van der Waals surface area (Å²) in [5.41, 5.74) is 3.51. The molecule has 7 nitrogen and oxygen atoms in total. The Hall–Kier alpha value is -2.74. The monoisotopic (exact) mass is 535 g/mol. The maximum Gasteiger partial charge on any atom is 0.257 e. The van der Waals surface area contributed by atoms with E-state index in [4.69, 9.17) is 5.10 Å². The number of nitrogens with one attached hydrogen (secondary N) is 1. The summed E-state index contributed by atoms with van der Waals surface area (Å²) >= 11 is 0. The summed E-state index contributed by atoms with van der Waals surface area (Å²) in [5, 5.41) is 7.99. The Bertz CT molecular complexity index is 1200. The lowest BCUT2D eigenvalue weighted by molar-refractivity contribution is -0.125. The minimum Gasteiger partial charge on any atom is -0.349 e. The average molecular weight is 536 g/mol. The van der Waals surface area contributed by atoms with Crippen molar-refractivity contribution in [2.75, 3.05) is 32.7 Å². The third-order valence-electron chi connectivity index (χ3n) is 9.84. The Morgan fingerprint density at radius 2 is 1.74 bits per heavy atom. The quantitative estimate of drug-likeness (QED) is 0.527. The highest BCUT2D eigenvalue weighted by Crippen LogP contribution is 2.36. The van der Waals surface area contributed by atoms with Gasteiger partial charge in [-0.05, 0) is 81.9 Å². The normalized spacial score (nSPS) is 24.6. The van der Waals surface area contributed by atoms with E-state index in [1.54, 1.807) is 12.1 Å². The molecule has 3 heterocycles. The number of carbonyl (C=O) groups excluding carboxylic acids is 2. The molecule has 3 atom stereocenters. The fraction of sp³-hybridized carbons (Fsp3) is 0.645. The Labute approximate surface area is 231 Å². The van der Waals surface area contributed by atoms with Gasteiger partial charge < -0.3 is 15.1 Å². The van der Waals surface area contributed by atoms with Crippen molar-refractivity contribution in [3.63, 3.8) is 0 Å². The summed E-state index contributed by atoms with van der Waals surface area (Å²) in [6.07, 6.45) is 8.44. The number of rotatable bonds is 8. The van der Waals surface area contributed by atoms with Gasteiger partial charge in [-0.15, -0.1) is 0 Å². The Morgan fingerprint density at radius 3 is 2.38 bits per heavy atom. The molecule has 6 rings (SSSR count). The Balaban J connectivity index is 1.05. The van der Waals surface area contributed by atoms with E-state index in [2.05, 4.69) is 14.9 Å². The first-order valence-electron chi connectivity index (χ1n) is 15.0. The van der Waals surface area contributed by atoms with Crippen LogP contribution in [0.4, 0.5) is 4.39 Å². The fourth-order valence-corrected chi connectivity index (χ4v) is 7.39. The number of fused-ring (bicyclic) bond motifs is 1. The second-order valence-electron chi connectivity index (χ2n) is 12.5. The van der Waals surface area contributed by atoms with Gasteiger partial charge in [0, 0.05) is 44.3 Å². The third-order valence-corrected chi connectivity index (χ3v) is 9.84. The zero-order valence-electron chi connectivity index (χ0n) is 23.4. The molecule has 0 spiro atoms. The van der Waals surface area contributed by atoms with Gasteiger partial charge in [0.2, 0.25) is 5.91 Å². The average Bonchev–Trinajstić information content (AvgIpc) is 3.65. The summed E-state index contributed by atoms with van der Waals surface area (Å²) in [4.78, 5) is 31.0. The first kappa shape index (κ1) is 26.5. The zero-order valence-corrected chi connectivity index (χ0v) is 23.4. The predicted octanol–water partition coefficient (Wildman–Crippen LogP) is 4.81. The maximum absolute atomic E-state index is 14.0. The van der Waals surface area contributed by atoms with Crippen molar-refractivity contribution >= 4 is 11.8 Å². The minimum atomic E-state index is -0.267. The first-order valence-corrected chi connectivity index (χ1v) is 15.0. The number of carbonyl (C=O) groups is 2. The van der Waals surface area contributed by atoms with Gasteiger partial charge in [-0.2, -0.15) is 5.10 Å². The third kappa shape index (κ3) is 5.37. The lowest BCUT2D eigenvalue weighted by Crippen LogP contribution is -2.37. The number of amides is 2. The molecule has 2 aliphatic carbocycles. The van der Waals surface area contributed by atoms with Gasteiger partial charge in [-0.1, -0.05) is 25.0 Å². The summed E-state index contributed by atoms with van der Waals surface area (Å²) < 4.78 is 16.1. The largest absolute Gasteiger partial charge is 0.349 e. The van der Waals surface area contributed by atoms with Gasteiger partial charge in [0.25, 0.3) is 5.91 Å². The predicted molar refractivity (Wildman–Crippen MR) is 148 cm³/mol. The van der Waals surface area contributed by atoms with E-state index in [0.29, 0.717) is 17.9 Å². The maximum atomic E-state index is 14.0. The Morgan fingerprint density at radius 1 is 1.03 bits per heavy atom. The van der Waals surface area contributed by atoms with Gasteiger partial charge >= 0.3 is 0 Å². The molecule has 1 N–H and O–H groups in total. The highest BCUT2D eigenvalue weighted by atomic mass is 19.1. The van der Waals surface area contributed by atoms with Crippen molar-refractivity contribution in [2.24, 2.45) is 17.8 Å². The van der Waals surface area contributed by atoms with E-state index < -0.39 is 0 Å². The molecule has 0 radical (unpaired) electrons. The molecule has 2 saturated heterocycles. The van der Waals surface area contributed by atoms with Crippen molar-refractivity contribution < 1.29 is 14.0 Å². The van der Waals surface area contributed by atoms with Crippen LogP contribution in [0.1, 0.15) is 90.8 Å². The number of hydrogen-bond donors (Lipinski definition) is 1. The lowest BCUT2D eigenvalue weighted by atomic mass is 9.93. The van der Waals surface area contributed by atoms with Crippen molar-refractivity contribution in [1.82, 2.24) is 24.9 Å². The second kappa shape index (κ2) is 11.0. The molecule has 0 bridgehead atoms. The molecular formula is C31H42FN5O2. The van der Waals surface area contributed by atoms with Crippen molar-refractivity contribution in [2.45, 2.75) is 77.3 Å². The molecule has 39 heavy (non-hydrogen) atoms. The van der Waals surface area contributed by atoms with Crippen LogP contribution < -0.4 is 5.32 Å². The van der Waals surface area contributed by atoms with Crippen LogP contribution in [-0.4, -0.2) is 64.1 Å². The van der Waals surface area contributed by atoms with E-state index in [-0.39, 0.29) is 29.6 Å². The van der Waals surface area contributed by atoms with Crippen molar-refractivity contribution in [3.05, 3.63) is 52.6 Å². The zero-order chi connectivity index (χ0) is 27.1.